The SMILES string of the molecule is O=C(c1ccccc1OCCN1CCOCC1)N1CCC[C@H](Cc2cccc3cccnc23)CC1. The van der Waals surface area contributed by atoms with Gasteiger partial charge in [0.25, 0.3) is 5.91 Å². The van der Waals surface area contributed by atoms with Crippen molar-refractivity contribution >= 4 is 16.8 Å². The summed E-state index contributed by atoms with van der Waals surface area (Å²) >= 11 is 0. The maximum Gasteiger partial charge on any atom is 0.257 e. The molecule has 5 rings (SSSR count). The quantitative estimate of drug-likeness (QED) is 0.508. The van der Waals surface area contributed by atoms with Crippen LogP contribution in [-0.2, 0) is 11.2 Å². The van der Waals surface area contributed by atoms with E-state index in [0.717, 1.165) is 77.1 Å². The second-order valence-corrected chi connectivity index (χ2v) is 9.58. The number of rotatable bonds is 7. The molecule has 2 aliphatic heterocycles. The summed E-state index contributed by atoms with van der Waals surface area (Å²) in [6.07, 6.45) is 6.05. The number of hydrogen-bond donors (Lipinski definition) is 0. The minimum Gasteiger partial charge on any atom is -0.491 e. The topological polar surface area (TPSA) is 54.9 Å². The number of ether oxygens (including phenoxy) is 2. The Morgan fingerprint density at radius 3 is 2.74 bits per heavy atom. The van der Waals surface area contributed by atoms with E-state index in [2.05, 4.69) is 34.1 Å². The largest absolute Gasteiger partial charge is 0.491 e. The smallest absolute Gasteiger partial charge is 0.257 e. The van der Waals surface area contributed by atoms with Crippen LogP contribution in [0.15, 0.2) is 60.8 Å². The van der Waals surface area contributed by atoms with Crippen LogP contribution in [0.1, 0.15) is 35.2 Å². The summed E-state index contributed by atoms with van der Waals surface area (Å²) in [7, 11) is 0. The number of nitrogens with zero attached hydrogens (tertiary/aromatic N) is 3. The summed E-state index contributed by atoms with van der Waals surface area (Å²) in [6.45, 7) is 6.44. The third-order valence-corrected chi connectivity index (χ3v) is 7.25. The van der Waals surface area contributed by atoms with Crippen LogP contribution in [0.2, 0.25) is 0 Å². The lowest BCUT2D eigenvalue weighted by atomic mass is 9.91. The molecule has 2 aliphatic rings. The van der Waals surface area contributed by atoms with Crippen molar-refractivity contribution in [2.75, 3.05) is 52.5 Å². The summed E-state index contributed by atoms with van der Waals surface area (Å²) in [5.74, 6) is 1.33. The number of aromatic nitrogens is 1. The molecule has 6 heteroatoms. The minimum absolute atomic E-state index is 0.0828. The molecular weight excluding hydrogens is 438 g/mol. The van der Waals surface area contributed by atoms with E-state index in [1.54, 1.807) is 0 Å². The second-order valence-electron chi connectivity index (χ2n) is 9.58. The molecule has 184 valence electrons. The van der Waals surface area contributed by atoms with Gasteiger partial charge in [0, 0.05) is 44.3 Å². The fourth-order valence-corrected chi connectivity index (χ4v) is 5.26. The fraction of sp³-hybridized carbons (Fsp3) is 0.448. The van der Waals surface area contributed by atoms with Crippen LogP contribution < -0.4 is 4.74 Å². The van der Waals surface area contributed by atoms with Crippen molar-refractivity contribution in [3.8, 4) is 5.75 Å². The Bertz CT molecular complexity index is 1120. The van der Waals surface area contributed by atoms with Crippen LogP contribution >= 0.6 is 0 Å². The van der Waals surface area contributed by atoms with Crippen LogP contribution in [0.3, 0.4) is 0 Å². The van der Waals surface area contributed by atoms with Gasteiger partial charge in [-0.3, -0.25) is 14.7 Å². The predicted octanol–water partition coefficient (Wildman–Crippen LogP) is 4.43. The van der Waals surface area contributed by atoms with Gasteiger partial charge < -0.3 is 14.4 Å². The third-order valence-electron chi connectivity index (χ3n) is 7.25. The van der Waals surface area contributed by atoms with Crippen LogP contribution in [0.5, 0.6) is 5.75 Å². The predicted molar refractivity (Wildman–Crippen MR) is 138 cm³/mol. The van der Waals surface area contributed by atoms with Crippen LogP contribution in [0.25, 0.3) is 10.9 Å². The molecule has 3 heterocycles. The van der Waals surface area contributed by atoms with Crippen molar-refractivity contribution in [3.05, 3.63) is 71.9 Å². The van der Waals surface area contributed by atoms with E-state index in [9.17, 15) is 4.79 Å². The van der Waals surface area contributed by atoms with E-state index in [4.69, 9.17) is 9.47 Å². The van der Waals surface area contributed by atoms with E-state index in [0.29, 0.717) is 23.8 Å². The number of fused-ring (bicyclic) bond motifs is 1. The van der Waals surface area contributed by atoms with Gasteiger partial charge in [-0.2, -0.15) is 0 Å². The number of pyridine rings is 1. The number of likely N-dealkylation sites (tertiary alicyclic amines) is 1. The lowest BCUT2D eigenvalue weighted by Crippen LogP contribution is -2.38. The molecule has 0 spiro atoms. The molecule has 35 heavy (non-hydrogen) atoms. The average Bonchev–Trinajstić information content (AvgIpc) is 3.15. The van der Waals surface area contributed by atoms with Crippen molar-refractivity contribution in [1.82, 2.24) is 14.8 Å². The Balaban J connectivity index is 1.19. The lowest BCUT2D eigenvalue weighted by molar-refractivity contribution is 0.0321. The first kappa shape index (κ1) is 23.8. The van der Waals surface area contributed by atoms with Gasteiger partial charge >= 0.3 is 0 Å². The minimum atomic E-state index is 0.0828. The van der Waals surface area contributed by atoms with Gasteiger partial charge in [-0.05, 0) is 55.4 Å². The summed E-state index contributed by atoms with van der Waals surface area (Å²) in [4.78, 5) is 22.5. The molecule has 2 fully saturated rings. The molecule has 6 nitrogen and oxygen atoms in total. The van der Waals surface area contributed by atoms with Gasteiger partial charge in [0.15, 0.2) is 0 Å². The van der Waals surface area contributed by atoms with Gasteiger partial charge in [-0.25, -0.2) is 0 Å². The Hall–Kier alpha value is -2.96. The highest BCUT2D eigenvalue weighted by molar-refractivity contribution is 5.97. The van der Waals surface area contributed by atoms with Gasteiger partial charge in [-0.15, -0.1) is 0 Å². The Morgan fingerprint density at radius 1 is 0.971 bits per heavy atom. The molecule has 3 aromatic rings. The number of benzene rings is 2. The monoisotopic (exact) mass is 473 g/mol. The normalized spacial score (nSPS) is 19.4. The summed E-state index contributed by atoms with van der Waals surface area (Å²) < 4.78 is 11.5. The highest BCUT2D eigenvalue weighted by Crippen LogP contribution is 2.27. The molecule has 0 aliphatic carbocycles. The maximum atomic E-state index is 13.5. The number of morpholine rings is 1. The number of carbonyl (C=O) groups excluding carboxylic acids is 1. The Kier molecular flexibility index (Phi) is 7.91. The molecular formula is C29H35N3O3. The molecule has 1 amide bonds. The first-order chi connectivity index (χ1) is 17.3. The van der Waals surface area contributed by atoms with Crippen LogP contribution in [-0.4, -0.2) is 73.2 Å². The molecule has 0 unspecified atom stereocenters. The number of hydrogen-bond acceptors (Lipinski definition) is 5. The molecule has 2 aromatic carbocycles. The lowest BCUT2D eigenvalue weighted by Gasteiger charge is -2.26. The standard InChI is InChI=1S/C29H35N3O3/c33-29(26-10-1-2-11-27(26)35-21-18-31-16-19-34-20-17-31)32-14-5-6-23(12-15-32)22-25-8-3-7-24-9-4-13-30-28(24)25/h1-4,7-11,13,23H,5-6,12,14-22H2/t23-/m0/s1. The van der Waals surface area contributed by atoms with Crippen LogP contribution in [0, 0.1) is 5.92 Å². The Labute approximate surface area is 207 Å². The van der Waals surface area contributed by atoms with E-state index >= 15 is 0 Å². The Morgan fingerprint density at radius 2 is 1.83 bits per heavy atom. The van der Waals surface area contributed by atoms with E-state index in [1.807, 2.05) is 41.4 Å². The highest BCUT2D eigenvalue weighted by Gasteiger charge is 2.24. The maximum absolute atomic E-state index is 13.5. The molecule has 0 saturated carbocycles. The molecule has 2 saturated heterocycles. The molecule has 1 aromatic heterocycles. The summed E-state index contributed by atoms with van der Waals surface area (Å²) in [6, 6.07) is 18.3. The first-order valence-corrected chi connectivity index (χ1v) is 12.9. The van der Waals surface area contributed by atoms with Gasteiger partial charge in [0.05, 0.1) is 24.3 Å². The van der Waals surface area contributed by atoms with Crippen molar-refractivity contribution in [3.63, 3.8) is 0 Å². The number of carbonyl (C=O) groups is 1. The third kappa shape index (κ3) is 6.00. The molecule has 0 radical (unpaired) electrons. The molecule has 0 bridgehead atoms. The van der Waals surface area contributed by atoms with Crippen LogP contribution in [0.4, 0.5) is 0 Å². The van der Waals surface area contributed by atoms with Crippen molar-refractivity contribution in [2.24, 2.45) is 5.92 Å². The summed E-state index contributed by atoms with van der Waals surface area (Å²) in [5, 5.41) is 1.20. The fourth-order valence-electron chi connectivity index (χ4n) is 5.26. The number of amides is 1. The zero-order valence-electron chi connectivity index (χ0n) is 20.4. The number of para-hydroxylation sites is 2. The second kappa shape index (κ2) is 11.6. The highest BCUT2D eigenvalue weighted by atomic mass is 16.5. The van der Waals surface area contributed by atoms with Crippen molar-refractivity contribution < 1.29 is 14.3 Å². The van der Waals surface area contributed by atoms with Crippen molar-refractivity contribution in [2.45, 2.75) is 25.7 Å². The average molecular weight is 474 g/mol. The first-order valence-electron chi connectivity index (χ1n) is 12.9. The zero-order chi connectivity index (χ0) is 23.9. The van der Waals surface area contributed by atoms with E-state index in [-0.39, 0.29) is 5.91 Å². The van der Waals surface area contributed by atoms with Crippen molar-refractivity contribution in [1.29, 1.82) is 0 Å². The van der Waals surface area contributed by atoms with Gasteiger partial charge in [0.1, 0.15) is 12.4 Å². The summed E-state index contributed by atoms with van der Waals surface area (Å²) in [5.41, 5.74) is 3.09. The van der Waals surface area contributed by atoms with Gasteiger partial charge in [0.2, 0.25) is 0 Å². The van der Waals surface area contributed by atoms with E-state index < -0.39 is 0 Å². The molecule has 0 N–H and O–H groups in total. The zero-order valence-corrected chi connectivity index (χ0v) is 20.4. The molecule has 1 atom stereocenters. The van der Waals surface area contributed by atoms with E-state index in [1.165, 1.54) is 10.9 Å². The van der Waals surface area contributed by atoms with Gasteiger partial charge in [-0.1, -0.05) is 36.4 Å².